The van der Waals surface area contributed by atoms with Gasteiger partial charge in [0.25, 0.3) is 0 Å². The molecule has 1 heterocycles. The average molecular weight is 283 g/mol. The molecule has 0 saturated heterocycles. The molecule has 3 nitrogen and oxygen atoms in total. The molecule has 3 heteroatoms. The molecule has 0 atom stereocenters. The molecule has 21 heavy (non-hydrogen) atoms. The highest BCUT2D eigenvalue weighted by Gasteiger charge is 2.17. The van der Waals surface area contributed by atoms with Crippen LogP contribution in [0.1, 0.15) is 38.2 Å². The summed E-state index contributed by atoms with van der Waals surface area (Å²) in [6.07, 6.45) is 7.50. The third-order valence-electron chi connectivity index (χ3n) is 4.66. The fraction of sp³-hybridized carbons (Fsp3) is 0.500. The highest BCUT2D eigenvalue weighted by Crippen LogP contribution is 2.28. The first-order valence-electron chi connectivity index (χ1n) is 8.11. The van der Waals surface area contributed by atoms with Gasteiger partial charge < -0.3 is 5.32 Å². The summed E-state index contributed by atoms with van der Waals surface area (Å²) in [4.78, 5) is 0. The van der Waals surface area contributed by atoms with Gasteiger partial charge in [0, 0.05) is 12.1 Å². The van der Waals surface area contributed by atoms with Crippen LogP contribution in [0.3, 0.4) is 0 Å². The summed E-state index contributed by atoms with van der Waals surface area (Å²) in [6.45, 7) is 4.40. The Kier molecular flexibility index (Phi) is 4.71. The maximum atomic E-state index is 4.21. The summed E-state index contributed by atoms with van der Waals surface area (Å²) in [5.74, 6) is 1.79. The van der Waals surface area contributed by atoms with Crippen LogP contribution < -0.4 is 5.32 Å². The number of H-pyrrole nitrogens is 1. The fourth-order valence-electron chi connectivity index (χ4n) is 3.24. The first-order chi connectivity index (χ1) is 10.3. The van der Waals surface area contributed by atoms with Crippen molar-refractivity contribution in [2.24, 2.45) is 11.8 Å². The van der Waals surface area contributed by atoms with Crippen LogP contribution in [0, 0.1) is 11.8 Å². The summed E-state index contributed by atoms with van der Waals surface area (Å²) in [6, 6.07) is 10.4. The van der Waals surface area contributed by atoms with E-state index in [2.05, 4.69) is 46.7 Å². The van der Waals surface area contributed by atoms with Crippen molar-refractivity contribution in [1.82, 2.24) is 15.5 Å². The Balaban J connectivity index is 1.53. The van der Waals surface area contributed by atoms with E-state index >= 15 is 0 Å². The minimum absolute atomic E-state index is 0.855. The largest absolute Gasteiger partial charge is 0.312 e. The van der Waals surface area contributed by atoms with E-state index in [4.69, 9.17) is 0 Å². The van der Waals surface area contributed by atoms with Gasteiger partial charge in [-0.3, -0.25) is 5.10 Å². The van der Waals surface area contributed by atoms with Gasteiger partial charge in [-0.2, -0.15) is 5.10 Å². The minimum Gasteiger partial charge on any atom is -0.312 e. The molecule has 0 spiro atoms. The van der Waals surface area contributed by atoms with Gasteiger partial charge in [0.1, 0.15) is 0 Å². The van der Waals surface area contributed by atoms with E-state index in [0.29, 0.717) is 0 Å². The number of benzene rings is 1. The Morgan fingerprint density at radius 2 is 1.90 bits per heavy atom. The van der Waals surface area contributed by atoms with Gasteiger partial charge in [0.2, 0.25) is 0 Å². The normalized spacial score (nSPS) is 22.3. The molecule has 112 valence electrons. The predicted octanol–water partition coefficient (Wildman–Crippen LogP) is 3.99. The van der Waals surface area contributed by atoms with Crippen LogP contribution in [0.15, 0.2) is 36.5 Å². The lowest BCUT2D eigenvalue weighted by Gasteiger charge is -2.26. The maximum absolute atomic E-state index is 4.21. The molecule has 1 aromatic heterocycles. The van der Waals surface area contributed by atoms with Crippen molar-refractivity contribution in [3.63, 3.8) is 0 Å². The van der Waals surface area contributed by atoms with Crippen molar-refractivity contribution in [3.8, 4) is 11.3 Å². The van der Waals surface area contributed by atoms with Crippen LogP contribution in [-0.4, -0.2) is 16.7 Å². The van der Waals surface area contributed by atoms with E-state index in [9.17, 15) is 0 Å². The zero-order valence-corrected chi connectivity index (χ0v) is 12.8. The molecule has 1 aromatic carbocycles. The number of nitrogens with zero attached hydrogens (tertiary/aromatic N) is 1. The molecular weight excluding hydrogens is 258 g/mol. The summed E-state index contributed by atoms with van der Waals surface area (Å²) in [5.41, 5.74) is 3.60. The van der Waals surface area contributed by atoms with Crippen LogP contribution in [0.2, 0.25) is 0 Å². The van der Waals surface area contributed by atoms with E-state index in [1.165, 1.54) is 36.8 Å². The van der Waals surface area contributed by atoms with Gasteiger partial charge in [-0.1, -0.05) is 50.1 Å². The summed E-state index contributed by atoms with van der Waals surface area (Å²) >= 11 is 0. The first kappa shape index (κ1) is 14.3. The molecule has 0 bridgehead atoms. The van der Waals surface area contributed by atoms with Gasteiger partial charge in [-0.05, 0) is 36.8 Å². The topological polar surface area (TPSA) is 40.7 Å². The zero-order valence-electron chi connectivity index (χ0n) is 12.8. The third kappa shape index (κ3) is 3.73. The van der Waals surface area contributed by atoms with Crippen molar-refractivity contribution in [1.29, 1.82) is 0 Å². The number of rotatable bonds is 5. The standard InChI is InChI=1S/C18H25N3/c1-14-7-9-15(10-8-14)11-19-12-17-13-20-21-18(17)16-5-3-2-4-6-16/h2-6,13-15,19H,7-12H2,1H3,(H,20,21). The molecule has 1 aliphatic carbocycles. The van der Waals surface area contributed by atoms with Crippen molar-refractivity contribution in [3.05, 3.63) is 42.1 Å². The molecule has 1 saturated carbocycles. The Labute approximate surface area is 127 Å². The van der Waals surface area contributed by atoms with Gasteiger partial charge in [0.15, 0.2) is 0 Å². The summed E-state index contributed by atoms with van der Waals surface area (Å²) in [5, 5.41) is 11.0. The van der Waals surface area contributed by atoms with Crippen LogP contribution in [-0.2, 0) is 6.54 Å². The highest BCUT2D eigenvalue weighted by atomic mass is 15.1. The van der Waals surface area contributed by atoms with Crippen LogP contribution in [0.25, 0.3) is 11.3 Å². The Morgan fingerprint density at radius 3 is 2.67 bits per heavy atom. The quantitative estimate of drug-likeness (QED) is 0.871. The lowest BCUT2D eigenvalue weighted by Crippen LogP contribution is -2.25. The number of aromatic amines is 1. The zero-order chi connectivity index (χ0) is 14.5. The second kappa shape index (κ2) is 6.90. The number of hydrogen-bond donors (Lipinski definition) is 2. The van der Waals surface area contributed by atoms with E-state index in [1.807, 2.05) is 12.3 Å². The van der Waals surface area contributed by atoms with Crippen molar-refractivity contribution in [2.45, 2.75) is 39.2 Å². The molecular formula is C18H25N3. The van der Waals surface area contributed by atoms with Gasteiger partial charge in [-0.15, -0.1) is 0 Å². The highest BCUT2D eigenvalue weighted by molar-refractivity contribution is 5.62. The maximum Gasteiger partial charge on any atom is 0.0695 e. The van der Waals surface area contributed by atoms with Crippen molar-refractivity contribution in [2.75, 3.05) is 6.54 Å². The van der Waals surface area contributed by atoms with Crippen molar-refractivity contribution >= 4 is 0 Å². The molecule has 2 aromatic rings. The monoisotopic (exact) mass is 283 g/mol. The minimum atomic E-state index is 0.855. The van der Waals surface area contributed by atoms with E-state index in [1.54, 1.807) is 0 Å². The molecule has 1 aliphatic rings. The number of nitrogens with one attached hydrogen (secondary N) is 2. The number of aromatic nitrogens is 2. The van der Waals surface area contributed by atoms with Gasteiger partial charge >= 0.3 is 0 Å². The summed E-state index contributed by atoms with van der Waals surface area (Å²) in [7, 11) is 0. The summed E-state index contributed by atoms with van der Waals surface area (Å²) < 4.78 is 0. The molecule has 1 fully saturated rings. The van der Waals surface area contributed by atoms with Crippen LogP contribution in [0.4, 0.5) is 0 Å². The van der Waals surface area contributed by atoms with Crippen molar-refractivity contribution < 1.29 is 0 Å². The molecule has 3 rings (SSSR count). The van der Waals surface area contributed by atoms with E-state index < -0.39 is 0 Å². The smallest absolute Gasteiger partial charge is 0.0695 e. The third-order valence-corrected chi connectivity index (χ3v) is 4.66. The second-order valence-electron chi connectivity index (χ2n) is 6.39. The Bertz CT molecular complexity index is 539. The predicted molar refractivity (Wildman–Crippen MR) is 86.9 cm³/mol. The Morgan fingerprint density at radius 1 is 1.14 bits per heavy atom. The Hall–Kier alpha value is -1.61. The lowest BCUT2D eigenvalue weighted by atomic mass is 9.83. The average Bonchev–Trinajstić information content (AvgIpc) is 2.99. The molecule has 0 radical (unpaired) electrons. The van der Waals surface area contributed by atoms with Gasteiger partial charge in [-0.25, -0.2) is 0 Å². The van der Waals surface area contributed by atoms with E-state index in [-0.39, 0.29) is 0 Å². The molecule has 0 aliphatic heterocycles. The van der Waals surface area contributed by atoms with E-state index in [0.717, 1.165) is 30.6 Å². The SMILES string of the molecule is CC1CCC(CNCc2cn[nH]c2-c2ccccc2)CC1. The first-order valence-corrected chi connectivity index (χ1v) is 8.11. The molecule has 2 N–H and O–H groups in total. The fourth-order valence-corrected chi connectivity index (χ4v) is 3.24. The number of hydrogen-bond acceptors (Lipinski definition) is 2. The lowest BCUT2D eigenvalue weighted by molar-refractivity contribution is 0.281. The van der Waals surface area contributed by atoms with Crippen LogP contribution in [0.5, 0.6) is 0 Å². The molecule has 0 amide bonds. The second-order valence-corrected chi connectivity index (χ2v) is 6.39. The molecule has 0 unspecified atom stereocenters. The van der Waals surface area contributed by atoms with Gasteiger partial charge in [0.05, 0.1) is 11.9 Å². The van der Waals surface area contributed by atoms with Crippen LogP contribution >= 0.6 is 0 Å².